The number of hydrogen-bond acceptors (Lipinski definition) is 5. The zero-order valence-electron chi connectivity index (χ0n) is 15.7. The lowest BCUT2D eigenvalue weighted by atomic mass is 10.1. The number of phenolic OH excluding ortho intramolecular Hbond substituents is 3. The average Bonchev–Trinajstić information content (AvgIpc) is 2.96. The van der Waals surface area contributed by atoms with Gasteiger partial charge < -0.3 is 25.1 Å². The number of nitrogens with zero attached hydrogens (tertiary/aromatic N) is 2. The van der Waals surface area contributed by atoms with E-state index in [4.69, 9.17) is 0 Å². The van der Waals surface area contributed by atoms with E-state index in [2.05, 4.69) is 0 Å². The summed E-state index contributed by atoms with van der Waals surface area (Å²) in [5, 5.41) is 28.6. The molecule has 3 N–H and O–H groups in total. The number of aromatic hydroxyl groups is 3. The molecule has 7 nitrogen and oxygen atoms in total. The molecule has 0 atom stereocenters. The Balaban J connectivity index is 1.68. The fraction of sp³-hybridized carbons (Fsp3) is 0.300. The van der Waals surface area contributed by atoms with Gasteiger partial charge in [-0.2, -0.15) is 13.2 Å². The predicted molar refractivity (Wildman–Crippen MR) is 99.3 cm³/mol. The molecule has 2 aromatic carbocycles. The number of phenols is 3. The molecule has 2 amide bonds. The van der Waals surface area contributed by atoms with Crippen LogP contribution in [0.1, 0.15) is 32.7 Å². The lowest BCUT2D eigenvalue weighted by Crippen LogP contribution is -2.37. The second kappa shape index (κ2) is 8.13. The molecule has 0 spiro atoms. The van der Waals surface area contributed by atoms with Crippen LogP contribution in [0, 0.1) is 0 Å². The quantitative estimate of drug-likeness (QED) is 0.644. The van der Waals surface area contributed by atoms with Crippen LogP contribution in [-0.2, 0) is 6.18 Å². The number of carbonyl (C=O) groups is 2. The molecule has 10 heteroatoms. The fourth-order valence-corrected chi connectivity index (χ4v) is 3.22. The van der Waals surface area contributed by atoms with E-state index in [-0.39, 0.29) is 24.2 Å². The van der Waals surface area contributed by atoms with Crippen LogP contribution < -0.4 is 0 Å². The molecule has 1 heterocycles. The van der Waals surface area contributed by atoms with Crippen LogP contribution in [0.2, 0.25) is 0 Å². The van der Waals surface area contributed by atoms with E-state index >= 15 is 0 Å². The normalized spacial score (nSPS) is 15.0. The first-order valence-corrected chi connectivity index (χ1v) is 9.08. The second-order valence-corrected chi connectivity index (χ2v) is 6.88. The monoisotopic (exact) mass is 424 g/mol. The highest BCUT2D eigenvalue weighted by molar-refractivity contribution is 5.96. The molecule has 3 rings (SSSR count). The van der Waals surface area contributed by atoms with Crippen LogP contribution in [0.15, 0.2) is 36.4 Å². The molecule has 0 radical (unpaired) electrons. The SMILES string of the molecule is O=C(c1ccc(C(F)(F)F)cc1)N1CCCN(C(=O)c2cc(O)c(O)c(O)c2)CC1. The van der Waals surface area contributed by atoms with Gasteiger partial charge in [-0.3, -0.25) is 9.59 Å². The number of halogens is 3. The van der Waals surface area contributed by atoms with Crippen molar-refractivity contribution in [2.24, 2.45) is 0 Å². The first-order valence-electron chi connectivity index (χ1n) is 9.08. The Labute approximate surface area is 169 Å². The highest BCUT2D eigenvalue weighted by Gasteiger charge is 2.31. The molecule has 30 heavy (non-hydrogen) atoms. The largest absolute Gasteiger partial charge is 0.504 e. The smallest absolute Gasteiger partial charge is 0.416 e. The molecule has 160 valence electrons. The molecule has 1 saturated heterocycles. The number of hydrogen-bond donors (Lipinski definition) is 3. The maximum absolute atomic E-state index is 12.7. The first kappa shape index (κ1) is 21.3. The van der Waals surface area contributed by atoms with Crippen LogP contribution in [0.5, 0.6) is 17.2 Å². The zero-order valence-corrected chi connectivity index (χ0v) is 15.7. The minimum Gasteiger partial charge on any atom is -0.504 e. The van der Waals surface area contributed by atoms with Gasteiger partial charge >= 0.3 is 6.18 Å². The maximum Gasteiger partial charge on any atom is 0.416 e. The van der Waals surface area contributed by atoms with Gasteiger partial charge in [-0.15, -0.1) is 0 Å². The molecule has 1 aliphatic heterocycles. The average molecular weight is 424 g/mol. The number of carbonyl (C=O) groups excluding carboxylic acids is 2. The van der Waals surface area contributed by atoms with Gasteiger partial charge in [-0.05, 0) is 42.8 Å². The van der Waals surface area contributed by atoms with Gasteiger partial charge in [-0.25, -0.2) is 0 Å². The van der Waals surface area contributed by atoms with E-state index in [9.17, 15) is 38.1 Å². The van der Waals surface area contributed by atoms with Crippen molar-refractivity contribution in [3.8, 4) is 17.2 Å². The minimum atomic E-state index is -4.48. The Hall–Kier alpha value is -3.43. The van der Waals surface area contributed by atoms with Gasteiger partial charge in [0, 0.05) is 37.3 Å². The lowest BCUT2D eigenvalue weighted by Gasteiger charge is -2.22. The van der Waals surface area contributed by atoms with Gasteiger partial charge in [0.25, 0.3) is 11.8 Å². The topological polar surface area (TPSA) is 101 Å². The molecule has 0 aromatic heterocycles. The minimum absolute atomic E-state index is 0.0229. The highest BCUT2D eigenvalue weighted by atomic mass is 19.4. The summed E-state index contributed by atoms with van der Waals surface area (Å²) in [5.41, 5.74) is -0.742. The third-order valence-corrected chi connectivity index (χ3v) is 4.85. The summed E-state index contributed by atoms with van der Waals surface area (Å²) >= 11 is 0. The van der Waals surface area contributed by atoms with E-state index < -0.39 is 40.8 Å². The Morgan fingerprint density at radius 3 is 1.70 bits per heavy atom. The lowest BCUT2D eigenvalue weighted by molar-refractivity contribution is -0.137. The van der Waals surface area contributed by atoms with Crippen LogP contribution in [-0.4, -0.2) is 63.1 Å². The van der Waals surface area contributed by atoms with E-state index in [1.807, 2.05) is 0 Å². The Morgan fingerprint density at radius 1 is 0.767 bits per heavy atom. The van der Waals surface area contributed by atoms with Crippen LogP contribution in [0.25, 0.3) is 0 Å². The second-order valence-electron chi connectivity index (χ2n) is 6.88. The van der Waals surface area contributed by atoms with Gasteiger partial charge in [0.1, 0.15) is 0 Å². The Morgan fingerprint density at radius 2 is 1.23 bits per heavy atom. The molecule has 0 unspecified atom stereocenters. The predicted octanol–water partition coefficient (Wildman–Crippen LogP) is 2.81. The van der Waals surface area contributed by atoms with E-state index in [0.29, 0.717) is 19.5 Å². The first-order chi connectivity index (χ1) is 14.1. The molecule has 0 aliphatic carbocycles. The third-order valence-electron chi connectivity index (χ3n) is 4.85. The number of benzene rings is 2. The zero-order chi connectivity index (χ0) is 22.1. The highest BCUT2D eigenvalue weighted by Crippen LogP contribution is 2.35. The fourth-order valence-electron chi connectivity index (χ4n) is 3.22. The summed E-state index contributed by atoms with van der Waals surface area (Å²) in [4.78, 5) is 28.2. The standard InChI is InChI=1S/C20H19F3N2O5/c21-20(22,23)14-4-2-12(3-5-14)18(29)24-6-1-7-25(9-8-24)19(30)13-10-15(26)17(28)16(27)11-13/h2-5,10-11,26-28H,1,6-9H2. The van der Waals surface area contributed by atoms with Crippen molar-refractivity contribution in [1.82, 2.24) is 9.80 Å². The van der Waals surface area contributed by atoms with E-state index in [0.717, 1.165) is 36.4 Å². The summed E-state index contributed by atoms with van der Waals surface area (Å²) < 4.78 is 38.0. The van der Waals surface area contributed by atoms with Gasteiger partial charge in [-0.1, -0.05) is 0 Å². The van der Waals surface area contributed by atoms with Gasteiger partial charge in [0.05, 0.1) is 5.56 Å². The van der Waals surface area contributed by atoms with Crippen molar-refractivity contribution in [1.29, 1.82) is 0 Å². The molecule has 0 saturated carbocycles. The summed E-state index contributed by atoms with van der Waals surface area (Å²) in [6.45, 7) is 0.947. The molecule has 1 fully saturated rings. The van der Waals surface area contributed by atoms with E-state index in [1.165, 1.54) is 9.80 Å². The summed E-state index contributed by atoms with van der Waals surface area (Å²) in [6.07, 6.45) is -4.05. The molecular formula is C20H19F3N2O5. The summed E-state index contributed by atoms with van der Waals surface area (Å²) in [6, 6.07) is 6.03. The number of rotatable bonds is 2. The van der Waals surface area contributed by atoms with E-state index in [1.54, 1.807) is 0 Å². The van der Waals surface area contributed by atoms with Crippen molar-refractivity contribution in [3.63, 3.8) is 0 Å². The molecule has 0 bridgehead atoms. The molecule has 2 aromatic rings. The van der Waals surface area contributed by atoms with Crippen molar-refractivity contribution in [3.05, 3.63) is 53.1 Å². The Kier molecular flexibility index (Phi) is 5.77. The number of amides is 2. The maximum atomic E-state index is 12.7. The molecular weight excluding hydrogens is 405 g/mol. The van der Waals surface area contributed by atoms with Crippen molar-refractivity contribution >= 4 is 11.8 Å². The van der Waals surface area contributed by atoms with Crippen LogP contribution in [0.3, 0.4) is 0 Å². The van der Waals surface area contributed by atoms with Crippen LogP contribution in [0.4, 0.5) is 13.2 Å². The third kappa shape index (κ3) is 4.42. The van der Waals surface area contributed by atoms with Crippen LogP contribution >= 0.6 is 0 Å². The van der Waals surface area contributed by atoms with Crippen molar-refractivity contribution in [2.45, 2.75) is 12.6 Å². The molecule has 1 aliphatic rings. The Bertz CT molecular complexity index is 937. The summed E-state index contributed by atoms with van der Waals surface area (Å²) in [5.74, 6) is -2.92. The summed E-state index contributed by atoms with van der Waals surface area (Å²) in [7, 11) is 0. The van der Waals surface area contributed by atoms with Gasteiger partial charge in [0.15, 0.2) is 17.2 Å². The van der Waals surface area contributed by atoms with Crippen molar-refractivity contribution in [2.75, 3.05) is 26.2 Å². The van der Waals surface area contributed by atoms with Gasteiger partial charge in [0.2, 0.25) is 0 Å². The van der Waals surface area contributed by atoms with Crippen molar-refractivity contribution < 1.29 is 38.1 Å². The number of alkyl halides is 3.